The number of anilines is 1. The number of piperidine rings is 1. The van der Waals surface area contributed by atoms with Gasteiger partial charge < -0.3 is 15.0 Å². The molecule has 24 heavy (non-hydrogen) atoms. The smallest absolute Gasteiger partial charge is 0.332 e. The fourth-order valence-electron chi connectivity index (χ4n) is 3.18. The highest BCUT2D eigenvalue weighted by atomic mass is 19.1. The molecule has 2 aliphatic heterocycles. The van der Waals surface area contributed by atoms with Crippen molar-refractivity contribution in [1.29, 1.82) is 0 Å². The number of ether oxygens (including phenoxy) is 1. The summed E-state index contributed by atoms with van der Waals surface area (Å²) in [7, 11) is 1.43. The molecule has 128 valence electrons. The number of rotatable bonds is 4. The number of amides is 4. The van der Waals surface area contributed by atoms with E-state index in [1.54, 1.807) is 0 Å². The van der Waals surface area contributed by atoms with E-state index >= 15 is 0 Å². The lowest BCUT2D eigenvalue weighted by Gasteiger charge is -2.32. The van der Waals surface area contributed by atoms with Gasteiger partial charge in [0.25, 0.3) is 5.91 Å². The topological polar surface area (TPSA) is 79.0 Å². The molecular weight excluding hydrogens is 317 g/mol. The first-order valence-electron chi connectivity index (χ1n) is 7.69. The van der Waals surface area contributed by atoms with Gasteiger partial charge in [0, 0.05) is 19.7 Å². The molecular formula is C16H18FN3O4. The van der Waals surface area contributed by atoms with Crippen LogP contribution in [0.2, 0.25) is 0 Å². The maximum absolute atomic E-state index is 13.4. The maximum Gasteiger partial charge on any atom is 0.332 e. The van der Waals surface area contributed by atoms with Gasteiger partial charge in [0.15, 0.2) is 0 Å². The summed E-state index contributed by atoms with van der Waals surface area (Å²) in [6, 6.07) is 4.11. The van der Waals surface area contributed by atoms with Gasteiger partial charge in [-0.25, -0.2) is 14.1 Å². The molecule has 2 unspecified atom stereocenters. The number of nitrogens with zero attached hydrogens (tertiary/aromatic N) is 2. The Bertz CT molecular complexity index is 681. The standard InChI is InChI=1S/C16H18FN3O4/c1-24-9-14(21)18-11-5-6-19-13(8-11)15(22)20(16(19)23)12-4-2-3-10(17)7-12/h2-4,7,11,13H,5-6,8-9H2,1H3,(H,18,21). The number of nitrogens with one attached hydrogen (secondary N) is 1. The van der Waals surface area contributed by atoms with Crippen LogP contribution in [-0.2, 0) is 14.3 Å². The second-order valence-electron chi connectivity index (χ2n) is 5.87. The van der Waals surface area contributed by atoms with Gasteiger partial charge in [-0.05, 0) is 31.0 Å². The lowest BCUT2D eigenvalue weighted by atomic mass is 9.98. The number of imide groups is 1. The average Bonchev–Trinajstić information content (AvgIpc) is 2.78. The Hall–Kier alpha value is -2.48. The third-order valence-corrected chi connectivity index (χ3v) is 4.25. The van der Waals surface area contributed by atoms with E-state index in [0.29, 0.717) is 19.4 Å². The summed E-state index contributed by atoms with van der Waals surface area (Å²) in [5.74, 6) is -1.16. The number of hydrogen-bond donors (Lipinski definition) is 1. The summed E-state index contributed by atoms with van der Waals surface area (Å²) < 4.78 is 18.2. The van der Waals surface area contributed by atoms with E-state index in [1.165, 1.54) is 30.2 Å². The first-order valence-corrected chi connectivity index (χ1v) is 7.69. The van der Waals surface area contributed by atoms with Gasteiger partial charge in [0.05, 0.1) is 5.69 Å². The van der Waals surface area contributed by atoms with Crippen molar-refractivity contribution in [2.24, 2.45) is 0 Å². The van der Waals surface area contributed by atoms with Crippen LogP contribution < -0.4 is 10.2 Å². The van der Waals surface area contributed by atoms with E-state index in [0.717, 1.165) is 11.0 Å². The minimum absolute atomic E-state index is 0.0484. The third kappa shape index (κ3) is 2.96. The van der Waals surface area contributed by atoms with Gasteiger partial charge in [-0.2, -0.15) is 0 Å². The summed E-state index contributed by atoms with van der Waals surface area (Å²) in [4.78, 5) is 39.2. The summed E-state index contributed by atoms with van der Waals surface area (Å²) in [5, 5.41) is 2.80. The molecule has 7 nitrogen and oxygen atoms in total. The van der Waals surface area contributed by atoms with Crippen molar-refractivity contribution >= 4 is 23.5 Å². The van der Waals surface area contributed by atoms with Crippen LogP contribution in [0.5, 0.6) is 0 Å². The van der Waals surface area contributed by atoms with Gasteiger partial charge in [0.2, 0.25) is 5.91 Å². The van der Waals surface area contributed by atoms with E-state index in [4.69, 9.17) is 4.74 Å². The zero-order valence-corrected chi connectivity index (χ0v) is 13.2. The van der Waals surface area contributed by atoms with Gasteiger partial charge in [-0.15, -0.1) is 0 Å². The molecule has 2 saturated heterocycles. The predicted octanol–water partition coefficient (Wildman–Crippen LogP) is 0.888. The van der Waals surface area contributed by atoms with Gasteiger partial charge in [-0.1, -0.05) is 6.07 Å². The van der Waals surface area contributed by atoms with Crippen LogP contribution in [0.3, 0.4) is 0 Å². The fraction of sp³-hybridized carbons (Fsp3) is 0.438. The Morgan fingerprint density at radius 2 is 2.21 bits per heavy atom. The molecule has 0 saturated carbocycles. The van der Waals surface area contributed by atoms with Gasteiger partial charge >= 0.3 is 6.03 Å². The van der Waals surface area contributed by atoms with E-state index < -0.39 is 23.8 Å². The first-order chi connectivity index (χ1) is 11.5. The summed E-state index contributed by atoms with van der Waals surface area (Å²) in [6.45, 7) is 0.312. The van der Waals surface area contributed by atoms with Crippen molar-refractivity contribution in [2.75, 3.05) is 25.2 Å². The van der Waals surface area contributed by atoms with Crippen LogP contribution in [0.4, 0.5) is 14.9 Å². The van der Waals surface area contributed by atoms with Gasteiger partial charge in [-0.3, -0.25) is 9.59 Å². The highest BCUT2D eigenvalue weighted by Gasteiger charge is 2.48. The molecule has 1 N–H and O–H groups in total. The number of benzene rings is 1. The second-order valence-corrected chi connectivity index (χ2v) is 5.87. The molecule has 3 rings (SSSR count). The van der Waals surface area contributed by atoms with Crippen molar-refractivity contribution in [3.63, 3.8) is 0 Å². The lowest BCUT2D eigenvalue weighted by Crippen LogP contribution is -2.50. The molecule has 1 aromatic carbocycles. The number of methoxy groups -OCH3 is 1. The van der Waals surface area contributed by atoms with Crippen molar-refractivity contribution in [3.05, 3.63) is 30.1 Å². The minimum atomic E-state index is -0.637. The molecule has 0 bridgehead atoms. The van der Waals surface area contributed by atoms with Gasteiger partial charge in [0.1, 0.15) is 18.5 Å². The second kappa shape index (κ2) is 6.56. The Balaban J connectivity index is 1.75. The van der Waals surface area contributed by atoms with E-state index in [2.05, 4.69) is 5.32 Å². The molecule has 2 heterocycles. The summed E-state index contributed by atoms with van der Waals surface area (Å²) >= 11 is 0. The number of halogens is 1. The Morgan fingerprint density at radius 3 is 2.92 bits per heavy atom. The number of carbonyl (C=O) groups excluding carboxylic acids is 3. The quantitative estimate of drug-likeness (QED) is 0.829. The highest BCUT2D eigenvalue weighted by molar-refractivity contribution is 6.21. The molecule has 2 atom stereocenters. The summed E-state index contributed by atoms with van der Waals surface area (Å²) in [5.41, 5.74) is 0.222. The molecule has 2 aliphatic rings. The SMILES string of the molecule is COCC(=O)NC1CCN2C(=O)N(c3cccc(F)c3)C(=O)C2C1. The monoisotopic (exact) mass is 335 g/mol. The third-order valence-electron chi connectivity index (χ3n) is 4.25. The Labute approximate surface area is 138 Å². The molecule has 8 heteroatoms. The number of fused-ring (bicyclic) bond motifs is 1. The van der Waals surface area contributed by atoms with Crippen LogP contribution in [-0.4, -0.2) is 55.1 Å². The molecule has 0 aliphatic carbocycles. The lowest BCUT2D eigenvalue weighted by molar-refractivity contribution is -0.127. The summed E-state index contributed by atoms with van der Waals surface area (Å²) in [6.07, 6.45) is 0.897. The molecule has 0 radical (unpaired) electrons. The minimum Gasteiger partial charge on any atom is -0.375 e. The zero-order chi connectivity index (χ0) is 17.3. The van der Waals surface area contributed by atoms with E-state index in [9.17, 15) is 18.8 Å². The predicted molar refractivity (Wildman–Crippen MR) is 82.8 cm³/mol. The van der Waals surface area contributed by atoms with Crippen molar-refractivity contribution in [1.82, 2.24) is 10.2 Å². The largest absolute Gasteiger partial charge is 0.375 e. The van der Waals surface area contributed by atoms with Crippen LogP contribution >= 0.6 is 0 Å². The number of hydrogen-bond acceptors (Lipinski definition) is 4. The van der Waals surface area contributed by atoms with Crippen LogP contribution in [0.25, 0.3) is 0 Å². The van der Waals surface area contributed by atoms with Crippen LogP contribution in [0, 0.1) is 5.82 Å². The number of carbonyl (C=O) groups is 3. The van der Waals surface area contributed by atoms with Crippen molar-refractivity contribution in [3.8, 4) is 0 Å². The van der Waals surface area contributed by atoms with E-state index in [-0.39, 0.29) is 24.2 Å². The zero-order valence-electron chi connectivity index (χ0n) is 13.2. The fourth-order valence-corrected chi connectivity index (χ4v) is 3.18. The Morgan fingerprint density at radius 1 is 1.42 bits per heavy atom. The average molecular weight is 335 g/mol. The highest BCUT2D eigenvalue weighted by Crippen LogP contribution is 2.31. The van der Waals surface area contributed by atoms with E-state index in [1.807, 2.05) is 0 Å². The first kappa shape index (κ1) is 16.4. The molecule has 0 spiro atoms. The van der Waals surface area contributed by atoms with Crippen molar-refractivity contribution < 1.29 is 23.5 Å². The number of urea groups is 1. The molecule has 1 aromatic rings. The maximum atomic E-state index is 13.4. The Kier molecular flexibility index (Phi) is 4.48. The van der Waals surface area contributed by atoms with Crippen LogP contribution in [0.1, 0.15) is 12.8 Å². The molecule has 4 amide bonds. The normalized spacial score (nSPS) is 23.4. The molecule has 2 fully saturated rings. The van der Waals surface area contributed by atoms with Crippen molar-refractivity contribution in [2.45, 2.75) is 24.9 Å². The van der Waals surface area contributed by atoms with Crippen LogP contribution in [0.15, 0.2) is 24.3 Å². The molecule has 0 aromatic heterocycles.